The second kappa shape index (κ2) is 6.98. The number of rotatable bonds is 6. The van der Waals surface area contributed by atoms with Crippen LogP contribution in [0.5, 0.6) is 0 Å². The van der Waals surface area contributed by atoms with Crippen LogP contribution in [0.1, 0.15) is 13.3 Å². The van der Waals surface area contributed by atoms with Crippen molar-refractivity contribution in [3.63, 3.8) is 0 Å². The van der Waals surface area contributed by atoms with Crippen molar-refractivity contribution < 1.29 is 8.42 Å². The van der Waals surface area contributed by atoms with E-state index in [0.717, 1.165) is 0 Å². The molecule has 0 amide bonds. The average molecular weight is 375 g/mol. The molecule has 0 aromatic heterocycles. The first-order valence-electron chi connectivity index (χ1n) is 5.45. The predicted molar refractivity (Wildman–Crippen MR) is 81.6 cm³/mol. The van der Waals surface area contributed by atoms with Crippen molar-refractivity contribution in [2.45, 2.75) is 13.3 Å². The lowest BCUT2D eigenvalue weighted by Gasteiger charge is -2.10. The standard InChI is InChI=1S/C11H14BrCl2NO2S/c1-2-6-18(16,17)7-5-15-9-4-3-8(12)10(13)11(9)14/h3-4,15H,2,5-7H2,1H3. The molecule has 0 unspecified atom stereocenters. The van der Waals surface area contributed by atoms with Gasteiger partial charge < -0.3 is 5.32 Å². The number of hydrogen-bond acceptors (Lipinski definition) is 3. The Balaban J connectivity index is 2.63. The van der Waals surface area contributed by atoms with Crippen molar-refractivity contribution in [3.05, 3.63) is 26.7 Å². The molecule has 1 rings (SSSR count). The summed E-state index contributed by atoms with van der Waals surface area (Å²) in [5.74, 6) is 0.300. The number of benzene rings is 1. The van der Waals surface area contributed by atoms with E-state index >= 15 is 0 Å². The van der Waals surface area contributed by atoms with Crippen LogP contribution in [-0.2, 0) is 9.84 Å². The fraction of sp³-hybridized carbons (Fsp3) is 0.455. The van der Waals surface area contributed by atoms with Crippen LogP contribution in [0.2, 0.25) is 10.0 Å². The highest BCUT2D eigenvalue weighted by Gasteiger charge is 2.11. The van der Waals surface area contributed by atoms with Crippen LogP contribution >= 0.6 is 39.1 Å². The van der Waals surface area contributed by atoms with Crippen LogP contribution in [0.4, 0.5) is 5.69 Å². The van der Waals surface area contributed by atoms with Gasteiger partial charge in [-0.15, -0.1) is 0 Å². The van der Waals surface area contributed by atoms with Crippen LogP contribution < -0.4 is 5.32 Å². The first kappa shape index (κ1) is 16.1. The lowest BCUT2D eigenvalue weighted by atomic mass is 10.3. The number of nitrogens with one attached hydrogen (secondary N) is 1. The largest absolute Gasteiger partial charge is 0.383 e. The minimum Gasteiger partial charge on any atom is -0.383 e. The molecule has 0 saturated carbocycles. The molecule has 0 atom stereocenters. The Hall–Kier alpha value is 0.0300. The summed E-state index contributed by atoms with van der Waals surface area (Å²) in [5, 5.41) is 3.78. The Labute approximate surface area is 126 Å². The van der Waals surface area contributed by atoms with Gasteiger partial charge in [0.25, 0.3) is 0 Å². The molecule has 0 spiro atoms. The molecule has 1 aromatic rings. The number of sulfone groups is 1. The van der Waals surface area contributed by atoms with E-state index < -0.39 is 9.84 Å². The molecule has 0 aliphatic rings. The van der Waals surface area contributed by atoms with E-state index in [9.17, 15) is 8.42 Å². The van der Waals surface area contributed by atoms with Gasteiger partial charge in [-0.2, -0.15) is 0 Å². The van der Waals surface area contributed by atoms with Crippen LogP contribution in [-0.4, -0.2) is 26.5 Å². The van der Waals surface area contributed by atoms with E-state index in [2.05, 4.69) is 21.2 Å². The van der Waals surface area contributed by atoms with Crippen LogP contribution in [0.25, 0.3) is 0 Å². The van der Waals surface area contributed by atoms with Gasteiger partial charge in [-0.1, -0.05) is 30.1 Å². The zero-order valence-corrected chi connectivity index (χ0v) is 13.8. The normalized spacial score (nSPS) is 11.6. The number of halogens is 3. The molecule has 0 saturated heterocycles. The van der Waals surface area contributed by atoms with Gasteiger partial charge in [0.1, 0.15) is 0 Å². The minimum atomic E-state index is -2.98. The SMILES string of the molecule is CCCS(=O)(=O)CCNc1ccc(Br)c(Cl)c1Cl. The molecule has 1 aromatic carbocycles. The number of hydrogen-bond donors (Lipinski definition) is 1. The molecular formula is C11H14BrCl2NO2S. The lowest BCUT2D eigenvalue weighted by Crippen LogP contribution is -2.18. The van der Waals surface area contributed by atoms with Crippen molar-refractivity contribution in [2.24, 2.45) is 0 Å². The molecule has 0 fully saturated rings. The van der Waals surface area contributed by atoms with E-state index in [1.165, 1.54) is 0 Å². The van der Waals surface area contributed by atoms with Gasteiger partial charge in [0.05, 0.1) is 21.5 Å². The smallest absolute Gasteiger partial charge is 0.152 e. The van der Waals surface area contributed by atoms with Crippen molar-refractivity contribution >= 4 is 54.7 Å². The van der Waals surface area contributed by atoms with E-state index in [1.54, 1.807) is 12.1 Å². The van der Waals surface area contributed by atoms with Crippen molar-refractivity contribution in [3.8, 4) is 0 Å². The molecule has 0 aliphatic heterocycles. The summed E-state index contributed by atoms with van der Waals surface area (Å²) in [6.45, 7) is 2.16. The Morgan fingerprint density at radius 1 is 1.22 bits per heavy atom. The zero-order valence-electron chi connectivity index (χ0n) is 9.84. The van der Waals surface area contributed by atoms with Crippen LogP contribution in [0.3, 0.4) is 0 Å². The fourth-order valence-electron chi connectivity index (χ4n) is 1.42. The van der Waals surface area contributed by atoms with Gasteiger partial charge in [0.2, 0.25) is 0 Å². The van der Waals surface area contributed by atoms with Gasteiger partial charge in [-0.3, -0.25) is 0 Å². The average Bonchev–Trinajstić information content (AvgIpc) is 2.29. The maximum Gasteiger partial charge on any atom is 0.152 e. The van der Waals surface area contributed by atoms with E-state index in [0.29, 0.717) is 33.2 Å². The maximum absolute atomic E-state index is 11.5. The van der Waals surface area contributed by atoms with E-state index in [4.69, 9.17) is 23.2 Å². The Morgan fingerprint density at radius 3 is 2.50 bits per heavy atom. The summed E-state index contributed by atoms with van der Waals surface area (Å²) in [6.07, 6.45) is 0.632. The molecule has 3 nitrogen and oxygen atoms in total. The summed E-state index contributed by atoms with van der Waals surface area (Å²) >= 11 is 15.3. The zero-order chi connectivity index (χ0) is 13.8. The number of anilines is 1. The second-order valence-corrected chi connectivity index (χ2v) is 7.72. The third-order valence-electron chi connectivity index (χ3n) is 2.28. The van der Waals surface area contributed by atoms with Gasteiger partial charge in [-0.25, -0.2) is 8.42 Å². The summed E-state index contributed by atoms with van der Waals surface area (Å²) in [5.41, 5.74) is 0.636. The highest BCUT2D eigenvalue weighted by atomic mass is 79.9. The van der Waals surface area contributed by atoms with Gasteiger partial charge >= 0.3 is 0 Å². The molecule has 18 heavy (non-hydrogen) atoms. The predicted octanol–water partition coefficient (Wildman–Crippen LogP) is 3.99. The highest BCUT2D eigenvalue weighted by molar-refractivity contribution is 9.10. The summed E-state index contributed by atoms with van der Waals surface area (Å²) < 4.78 is 23.7. The van der Waals surface area contributed by atoms with Gasteiger partial charge in [0.15, 0.2) is 9.84 Å². The lowest BCUT2D eigenvalue weighted by molar-refractivity contribution is 0.595. The molecule has 102 valence electrons. The second-order valence-electron chi connectivity index (χ2n) is 3.80. The molecule has 1 N–H and O–H groups in total. The third kappa shape index (κ3) is 4.61. The van der Waals surface area contributed by atoms with Crippen molar-refractivity contribution in [1.29, 1.82) is 0 Å². The Morgan fingerprint density at radius 2 is 1.89 bits per heavy atom. The quantitative estimate of drug-likeness (QED) is 0.765. The Kier molecular flexibility index (Phi) is 6.24. The molecular weight excluding hydrogens is 361 g/mol. The first-order valence-corrected chi connectivity index (χ1v) is 8.82. The van der Waals surface area contributed by atoms with Crippen LogP contribution in [0, 0.1) is 0 Å². The van der Waals surface area contributed by atoms with Crippen molar-refractivity contribution in [2.75, 3.05) is 23.4 Å². The van der Waals surface area contributed by atoms with Gasteiger partial charge in [0, 0.05) is 16.8 Å². The third-order valence-corrected chi connectivity index (χ3v) is 5.91. The Bertz CT molecular complexity index is 520. The molecule has 0 bridgehead atoms. The van der Waals surface area contributed by atoms with Crippen LogP contribution in [0.15, 0.2) is 16.6 Å². The first-order chi connectivity index (χ1) is 8.37. The maximum atomic E-state index is 11.5. The molecule has 7 heteroatoms. The van der Waals surface area contributed by atoms with Crippen molar-refractivity contribution in [1.82, 2.24) is 0 Å². The van der Waals surface area contributed by atoms with E-state index in [-0.39, 0.29) is 11.5 Å². The monoisotopic (exact) mass is 373 g/mol. The topological polar surface area (TPSA) is 46.2 Å². The fourth-order valence-corrected chi connectivity index (χ4v) is 3.50. The summed E-state index contributed by atoms with van der Waals surface area (Å²) in [7, 11) is -2.98. The highest BCUT2D eigenvalue weighted by Crippen LogP contribution is 2.35. The van der Waals surface area contributed by atoms with Gasteiger partial charge in [-0.05, 0) is 34.5 Å². The summed E-state index contributed by atoms with van der Waals surface area (Å²) in [4.78, 5) is 0. The minimum absolute atomic E-state index is 0.0881. The molecule has 0 heterocycles. The molecule has 0 radical (unpaired) electrons. The van der Waals surface area contributed by atoms with E-state index in [1.807, 2.05) is 6.92 Å². The molecule has 0 aliphatic carbocycles. The summed E-state index contributed by atoms with van der Waals surface area (Å²) in [6, 6.07) is 3.52.